The fourth-order valence-electron chi connectivity index (χ4n) is 2.27. The van der Waals surface area contributed by atoms with Gasteiger partial charge in [-0.25, -0.2) is 4.39 Å². The number of anilines is 1. The minimum atomic E-state index is -0.185. The van der Waals surface area contributed by atoms with E-state index in [2.05, 4.69) is 42.8 Å². The first kappa shape index (κ1) is 16.0. The van der Waals surface area contributed by atoms with Gasteiger partial charge >= 0.3 is 0 Å². The summed E-state index contributed by atoms with van der Waals surface area (Å²) in [5, 5.41) is 4.03. The van der Waals surface area contributed by atoms with E-state index in [9.17, 15) is 4.39 Å². The highest BCUT2D eigenvalue weighted by atomic mass is 79.9. The van der Waals surface area contributed by atoms with Gasteiger partial charge in [0.1, 0.15) is 5.82 Å². The number of rotatable bonds is 6. The number of hydrazone groups is 1. The smallest absolute Gasteiger partial charge is 0.123 e. The first-order chi connectivity index (χ1) is 10.1. The first-order valence-corrected chi connectivity index (χ1v) is 7.77. The molecule has 1 aromatic carbocycles. The molecule has 1 aliphatic heterocycles. The molecule has 1 fully saturated rings. The predicted molar refractivity (Wildman–Crippen MR) is 89.6 cm³/mol. The van der Waals surface area contributed by atoms with Crippen LogP contribution in [-0.4, -0.2) is 50.4 Å². The minimum absolute atomic E-state index is 0.185. The van der Waals surface area contributed by atoms with E-state index in [1.54, 1.807) is 6.21 Å². The summed E-state index contributed by atoms with van der Waals surface area (Å²) in [5.41, 5.74) is 4.09. The molecule has 2 rings (SSSR count). The summed E-state index contributed by atoms with van der Waals surface area (Å²) >= 11 is 3.21. The summed E-state index contributed by atoms with van der Waals surface area (Å²) in [5.74, 6) is -0.185. The number of nitrogens with zero attached hydrogens (tertiary/aromatic N) is 3. The molecule has 1 aromatic rings. The lowest BCUT2D eigenvalue weighted by atomic mass is 10.2. The van der Waals surface area contributed by atoms with E-state index in [-0.39, 0.29) is 5.82 Å². The first-order valence-electron chi connectivity index (χ1n) is 6.98. The van der Waals surface area contributed by atoms with E-state index in [0.29, 0.717) is 0 Å². The average Bonchev–Trinajstić information content (AvgIpc) is 2.48. The van der Waals surface area contributed by atoms with Gasteiger partial charge in [-0.15, -0.1) is 0 Å². The van der Waals surface area contributed by atoms with Gasteiger partial charge in [0, 0.05) is 49.4 Å². The van der Waals surface area contributed by atoms with Crippen molar-refractivity contribution in [1.29, 1.82) is 0 Å². The number of hydrogen-bond acceptors (Lipinski definition) is 4. The lowest BCUT2D eigenvalue weighted by molar-refractivity contribution is 0.258. The molecule has 0 aromatic heterocycles. The fraction of sp³-hybridized carbons (Fsp3) is 0.400. The summed E-state index contributed by atoms with van der Waals surface area (Å²) in [6.07, 6.45) is 1.65. The lowest BCUT2D eigenvalue weighted by Crippen LogP contribution is -2.47. The van der Waals surface area contributed by atoms with Gasteiger partial charge in [-0.1, -0.05) is 6.58 Å². The maximum atomic E-state index is 12.9. The highest BCUT2D eigenvalue weighted by molar-refractivity contribution is 9.12. The molecule has 114 valence electrons. The van der Waals surface area contributed by atoms with E-state index in [1.165, 1.54) is 12.1 Å². The highest BCUT2D eigenvalue weighted by Gasteiger charge is 2.16. The van der Waals surface area contributed by atoms with Gasteiger partial charge in [-0.05, 0) is 40.2 Å². The molecule has 0 unspecified atom stereocenters. The zero-order chi connectivity index (χ0) is 15.1. The molecule has 0 saturated carbocycles. The Morgan fingerprint density at radius 1 is 1.29 bits per heavy atom. The molecule has 0 atom stereocenters. The van der Waals surface area contributed by atoms with Crippen molar-refractivity contribution >= 4 is 27.8 Å². The van der Waals surface area contributed by atoms with Crippen LogP contribution < -0.4 is 10.3 Å². The molecule has 1 heterocycles. The molecule has 1 saturated heterocycles. The Hall–Kier alpha value is -1.40. The molecule has 0 aliphatic carbocycles. The molecule has 0 radical (unpaired) electrons. The molecule has 1 aliphatic rings. The SMILES string of the molecule is C=C(Br)/C=N\NCCN1CCN(c2ccc(F)cc2)CC1. The zero-order valence-corrected chi connectivity index (χ0v) is 13.5. The standard InChI is InChI=1S/C15H20BrFN4/c1-13(16)12-19-18-6-7-20-8-10-21(11-9-20)15-4-2-14(17)3-5-15/h2-5,12,18H,1,6-11H2/b19-12-. The molecular weight excluding hydrogens is 335 g/mol. The van der Waals surface area contributed by atoms with Crippen LogP contribution in [0.3, 0.4) is 0 Å². The van der Waals surface area contributed by atoms with Gasteiger partial charge in [0.15, 0.2) is 0 Å². The van der Waals surface area contributed by atoms with Gasteiger partial charge in [0.2, 0.25) is 0 Å². The summed E-state index contributed by atoms with van der Waals surface area (Å²) in [6.45, 7) is 9.39. The van der Waals surface area contributed by atoms with Crippen LogP contribution in [-0.2, 0) is 0 Å². The van der Waals surface area contributed by atoms with E-state index in [4.69, 9.17) is 0 Å². The van der Waals surface area contributed by atoms with Gasteiger partial charge < -0.3 is 10.3 Å². The van der Waals surface area contributed by atoms with Crippen LogP contribution in [0.25, 0.3) is 0 Å². The third-order valence-electron chi connectivity index (χ3n) is 3.40. The van der Waals surface area contributed by atoms with Crippen LogP contribution in [0.1, 0.15) is 0 Å². The molecule has 21 heavy (non-hydrogen) atoms. The normalized spacial score (nSPS) is 16.4. The average molecular weight is 355 g/mol. The summed E-state index contributed by atoms with van der Waals surface area (Å²) in [7, 11) is 0. The van der Waals surface area contributed by atoms with E-state index in [0.717, 1.165) is 49.4 Å². The predicted octanol–water partition coefficient (Wildman–Crippen LogP) is 2.43. The largest absolute Gasteiger partial charge is 0.369 e. The maximum absolute atomic E-state index is 12.9. The Kier molecular flexibility index (Phi) is 6.20. The fourth-order valence-corrected chi connectivity index (χ4v) is 2.37. The van der Waals surface area contributed by atoms with Crippen molar-refractivity contribution in [3.63, 3.8) is 0 Å². The zero-order valence-electron chi connectivity index (χ0n) is 11.9. The van der Waals surface area contributed by atoms with Crippen molar-refractivity contribution < 1.29 is 4.39 Å². The summed E-state index contributed by atoms with van der Waals surface area (Å²) in [4.78, 5) is 4.68. The number of hydrogen-bond donors (Lipinski definition) is 1. The third kappa shape index (κ3) is 5.47. The molecule has 0 amide bonds. The van der Waals surface area contributed by atoms with Crippen molar-refractivity contribution in [2.24, 2.45) is 5.10 Å². The quantitative estimate of drug-likeness (QED) is 0.483. The van der Waals surface area contributed by atoms with E-state index in [1.807, 2.05) is 12.1 Å². The van der Waals surface area contributed by atoms with Crippen LogP contribution in [0.4, 0.5) is 10.1 Å². The highest BCUT2D eigenvalue weighted by Crippen LogP contribution is 2.16. The maximum Gasteiger partial charge on any atom is 0.123 e. The lowest BCUT2D eigenvalue weighted by Gasteiger charge is -2.36. The molecule has 0 spiro atoms. The second-order valence-corrected chi connectivity index (χ2v) is 5.94. The van der Waals surface area contributed by atoms with Crippen LogP contribution >= 0.6 is 15.9 Å². The van der Waals surface area contributed by atoms with Crippen LogP contribution in [0.5, 0.6) is 0 Å². The van der Waals surface area contributed by atoms with Gasteiger partial charge in [-0.2, -0.15) is 5.10 Å². The summed E-state index contributed by atoms with van der Waals surface area (Å²) in [6, 6.07) is 6.71. The van der Waals surface area contributed by atoms with Gasteiger partial charge in [0.05, 0.1) is 6.21 Å². The number of piperazine rings is 1. The number of nitrogens with one attached hydrogen (secondary N) is 1. The topological polar surface area (TPSA) is 30.9 Å². The van der Waals surface area contributed by atoms with Crippen LogP contribution in [0.2, 0.25) is 0 Å². The van der Waals surface area contributed by atoms with Gasteiger partial charge in [-0.3, -0.25) is 4.90 Å². The Labute approximate surface area is 133 Å². The van der Waals surface area contributed by atoms with Crippen molar-refractivity contribution in [2.75, 3.05) is 44.2 Å². The molecule has 4 nitrogen and oxygen atoms in total. The monoisotopic (exact) mass is 354 g/mol. The van der Waals surface area contributed by atoms with Crippen molar-refractivity contribution in [3.05, 3.63) is 41.1 Å². The molecule has 0 bridgehead atoms. The Morgan fingerprint density at radius 3 is 2.57 bits per heavy atom. The third-order valence-corrected chi connectivity index (χ3v) is 3.60. The Balaban J connectivity index is 1.68. The molecule has 1 N–H and O–H groups in total. The van der Waals surface area contributed by atoms with Gasteiger partial charge in [0.25, 0.3) is 0 Å². The Bertz CT molecular complexity index is 481. The van der Waals surface area contributed by atoms with Crippen molar-refractivity contribution in [2.45, 2.75) is 0 Å². The van der Waals surface area contributed by atoms with E-state index < -0.39 is 0 Å². The minimum Gasteiger partial charge on any atom is -0.369 e. The Morgan fingerprint density at radius 2 is 1.95 bits per heavy atom. The second-order valence-electron chi connectivity index (χ2n) is 4.92. The molecular formula is C15H20BrFN4. The van der Waals surface area contributed by atoms with Crippen LogP contribution in [0.15, 0.2) is 40.4 Å². The number of allylic oxidation sites excluding steroid dienone is 1. The van der Waals surface area contributed by atoms with Crippen molar-refractivity contribution in [3.8, 4) is 0 Å². The second kappa shape index (κ2) is 8.14. The van der Waals surface area contributed by atoms with Crippen LogP contribution in [0, 0.1) is 5.82 Å². The molecule has 6 heteroatoms. The number of benzene rings is 1. The number of halogens is 2. The summed E-state index contributed by atoms with van der Waals surface area (Å²) < 4.78 is 13.7. The van der Waals surface area contributed by atoms with E-state index >= 15 is 0 Å². The van der Waals surface area contributed by atoms with Crippen molar-refractivity contribution in [1.82, 2.24) is 10.3 Å².